The van der Waals surface area contributed by atoms with Crippen LogP contribution in [-0.4, -0.2) is 101 Å². The van der Waals surface area contributed by atoms with Gasteiger partial charge in [-0.25, -0.2) is 4.79 Å². The second-order valence-corrected chi connectivity index (χ2v) is 10.0. The number of carbonyl (C=O) groups is 8. The number of carbonyl (C=O) groups excluding carboxylic acids is 6. The summed E-state index contributed by atoms with van der Waals surface area (Å²) in [6.07, 6.45) is -0.344. The molecular formula is C25H45N9O10. The summed E-state index contributed by atoms with van der Waals surface area (Å²) >= 11 is 0. The highest BCUT2D eigenvalue weighted by Gasteiger charge is 2.32. The van der Waals surface area contributed by atoms with Crippen LogP contribution in [0.2, 0.25) is 0 Å². The lowest BCUT2D eigenvalue weighted by molar-refractivity contribution is -0.147. The van der Waals surface area contributed by atoms with E-state index in [0.29, 0.717) is 32.2 Å². The Labute approximate surface area is 253 Å². The molecule has 0 bridgehead atoms. The fraction of sp³-hybridized carbons (Fsp3) is 0.680. The second-order valence-electron chi connectivity index (χ2n) is 10.0. The number of nitrogens with two attached hydrogens (primary N) is 5. The van der Waals surface area contributed by atoms with E-state index in [4.69, 9.17) is 33.8 Å². The molecule has 0 spiro atoms. The number of hydrogen-bond donors (Lipinski definition) is 11. The molecule has 0 heterocycles. The van der Waals surface area contributed by atoms with Gasteiger partial charge in [-0.3, -0.25) is 33.6 Å². The van der Waals surface area contributed by atoms with E-state index >= 15 is 0 Å². The zero-order valence-corrected chi connectivity index (χ0v) is 24.4. The number of rotatable bonds is 24. The lowest BCUT2D eigenvalue weighted by Crippen LogP contribution is -2.59. The smallest absolute Gasteiger partial charge is 0.326 e. The molecule has 19 nitrogen and oxygen atoms in total. The fourth-order valence-corrected chi connectivity index (χ4v) is 3.84. The van der Waals surface area contributed by atoms with E-state index in [9.17, 15) is 43.5 Å². The number of carboxylic acid groups (broad SMARTS) is 2. The van der Waals surface area contributed by atoms with Gasteiger partial charge in [0.2, 0.25) is 35.4 Å². The van der Waals surface area contributed by atoms with Crippen LogP contribution in [0.4, 0.5) is 0 Å². The normalized spacial score (nSPS) is 14.2. The monoisotopic (exact) mass is 631 g/mol. The van der Waals surface area contributed by atoms with E-state index in [2.05, 4.69) is 21.3 Å². The molecule has 0 saturated heterocycles. The van der Waals surface area contributed by atoms with Crippen LogP contribution >= 0.6 is 0 Å². The molecular weight excluding hydrogens is 586 g/mol. The Balaban J connectivity index is 5.94. The van der Waals surface area contributed by atoms with Crippen molar-refractivity contribution >= 4 is 47.4 Å². The SMILES string of the molecule is NCCCC[C@H](NC(=O)[C@H](CCC(N)=O)NC(=O)[C@H](CC(N)=O)NC(=O)[C@@H](N)CCCCN)C(=O)N[C@@H](CC(=O)O)C(=O)O. The molecule has 5 atom stereocenters. The standard InChI is InChI=1S/C25H45N9O10/c26-9-3-1-5-13(28)21(39)33-16(11-19(30)36)24(42)32-15(7-8-18(29)35)23(41)31-14(6-2-4-10-27)22(40)34-17(25(43)44)12-20(37)38/h13-17H,1-12,26-28H2,(H2,29,35)(H2,30,36)(H,31,41)(H,32,42)(H,33,39)(H,34,40)(H,37,38)(H,43,44)/t13-,14-,15-,16-,17-/m0/s1. The molecule has 0 aromatic rings. The van der Waals surface area contributed by atoms with Crippen molar-refractivity contribution < 1.29 is 48.6 Å². The van der Waals surface area contributed by atoms with Crippen molar-refractivity contribution in [1.29, 1.82) is 0 Å². The highest BCUT2D eigenvalue weighted by atomic mass is 16.4. The summed E-state index contributed by atoms with van der Waals surface area (Å²) < 4.78 is 0. The molecule has 0 aliphatic rings. The Morgan fingerprint density at radius 2 is 1.00 bits per heavy atom. The first-order chi connectivity index (χ1) is 20.6. The maximum Gasteiger partial charge on any atom is 0.326 e. The van der Waals surface area contributed by atoms with E-state index in [-0.39, 0.29) is 25.8 Å². The van der Waals surface area contributed by atoms with E-state index in [1.807, 2.05) is 0 Å². The number of carboxylic acids is 2. The topological polar surface area (TPSA) is 355 Å². The van der Waals surface area contributed by atoms with E-state index in [0.717, 1.165) is 0 Å². The van der Waals surface area contributed by atoms with Crippen LogP contribution in [0.25, 0.3) is 0 Å². The van der Waals surface area contributed by atoms with Crippen LogP contribution in [0.15, 0.2) is 0 Å². The fourth-order valence-electron chi connectivity index (χ4n) is 3.84. The van der Waals surface area contributed by atoms with Gasteiger partial charge >= 0.3 is 11.9 Å². The number of amides is 6. The average Bonchev–Trinajstić information content (AvgIpc) is 2.93. The van der Waals surface area contributed by atoms with Crippen molar-refractivity contribution in [2.45, 2.75) is 94.4 Å². The highest BCUT2D eigenvalue weighted by Crippen LogP contribution is 2.07. The Bertz CT molecular complexity index is 1030. The van der Waals surface area contributed by atoms with Crippen LogP contribution in [0.5, 0.6) is 0 Å². The highest BCUT2D eigenvalue weighted by molar-refractivity contribution is 5.97. The molecule has 0 aromatic heterocycles. The first-order valence-electron chi connectivity index (χ1n) is 14.0. The lowest BCUT2D eigenvalue weighted by atomic mass is 10.0. The van der Waals surface area contributed by atoms with Gasteiger partial charge in [0, 0.05) is 6.42 Å². The second kappa shape index (κ2) is 21.3. The Morgan fingerprint density at radius 3 is 1.45 bits per heavy atom. The molecule has 6 amide bonds. The van der Waals surface area contributed by atoms with Gasteiger partial charge in [-0.15, -0.1) is 0 Å². The molecule has 0 radical (unpaired) electrons. The van der Waals surface area contributed by atoms with Crippen molar-refractivity contribution in [3.63, 3.8) is 0 Å². The summed E-state index contributed by atoms with van der Waals surface area (Å²) in [5.74, 6) is -8.75. The first-order valence-corrected chi connectivity index (χ1v) is 14.0. The molecule has 0 rings (SSSR count). The van der Waals surface area contributed by atoms with Crippen LogP contribution in [0.1, 0.15) is 64.2 Å². The van der Waals surface area contributed by atoms with Gasteiger partial charge in [0.15, 0.2) is 0 Å². The van der Waals surface area contributed by atoms with Gasteiger partial charge in [-0.2, -0.15) is 0 Å². The van der Waals surface area contributed by atoms with Crippen molar-refractivity contribution in [2.75, 3.05) is 13.1 Å². The minimum Gasteiger partial charge on any atom is -0.481 e. The van der Waals surface area contributed by atoms with Crippen LogP contribution in [0.3, 0.4) is 0 Å². The van der Waals surface area contributed by atoms with E-state index in [1.165, 1.54) is 0 Å². The summed E-state index contributed by atoms with van der Waals surface area (Å²) in [5, 5.41) is 27.3. The van der Waals surface area contributed by atoms with Gasteiger partial charge in [-0.05, 0) is 51.6 Å². The molecule has 0 unspecified atom stereocenters. The molecule has 0 fully saturated rings. The lowest BCUT2D eigenvalue weighted by Gasteiger charge is -2.26. The maximum atomic E-state index is 13.3. The third-order valence-electron chi connectivity index (χ3n) is 6.23. The van der Waals surface area contributed by atoms with Crippen LogP contribution in [-0.2, 0) is 38.4 Å². The van der Waals surface area contributed by atoms with Crippen molar-refractivity contribution in [3.8, 4) is 0 Å². The van der Waals surface area contributed by atoms with Crippen molar-refractivity contribution in [3.05, 3.63) is 0 Å². The number of hydrogen-bond acceptors (Lipinski definition) is 11. The quantitative estimate of drug-likeness (QED) is 0.0446. The molecule has 19 heteroatoms. The minimum absolute atomic E-state index is 0.0485. The molecule has 16 N–H and O–H groups in total. The van der Waals surface area contributed by atoms with Crippen LogP contribution < -0.4 is 49.9 Å². The number of primary amides is 2. The van der Waals surface area contributed by atoms with Gasteiger partial charge in [-0.1, -0.05) is 6.42 Å². The zero-order chi connectivity index (χ0) is 33.8. The Morgan fingerprint density at radius 1 is 0.545 bits per heavy atom. The molecule has 0 aliphatic heterocycles. The predicted molar refractivity (Wildman–Crippen MR) is 154 cm³/mol. The third-order valence-corrected chi connectivity index (χ3v) is 6.23. The summed E-state index contributed by atoms with van der Waals surface area (Å²) in [6, 6.07) is -7.33. The molecule has 44 heavy (non-hydrogen) atoms. The van der Waals surface area contributed by atoms with Crippen molar-refractivity contribution in [1.82, 2.24) is 21.3 Å². The van der Waals surface area contributed by atoms with Crippen molar-refractivity contribution in [2.24, 2.45) is 28.7 Å². The molecule has 0 aromatic carbocycles. The summed E-state index contributed by atoms with van der Waals surface area (Å²) in [7, 11) is 0. The zero-order valence-electron chi connectivity index (χ0n) is 24.4. The first kappa shape index (κ1) is 39.6. The van der Waals surface area contributed by atoms with Gasteiger partial charge in [0.25, 0.3) is 0 Å². The minimum atomic E-state index is -1.81. The van der Waals surface area contributed by atoms with Crippen LogP contribution in [0, 0.1) is 0 Å². The maximum absolute atomic E-state index is 13.3. The third kappa shape index (κ3) is 16.9. The molecule has 250 valence electrons. The number of aliphatic carboxylic acids is 2. The van der Waals surface area contributed by atoms with E-state index < -0.39 is 96.9 Å². The predicted octanol–water partition coefficient (Wildman–Crippen LogP) is -4.79. The van der Waals surface area contributed by atoms with Gasteiger partial charge in [0.1, 0.15) is 24.2 Å². The largest absolute Gasteiger partial charge is 0.481 e. The number of nitrogens with one attached hydrogen (secondary N) is 4. The summed E-state index contributed by atoms with van der Waals surface area (Å²) in [6.45, 7) is 0.619. The summed E-state index contributed by atoms with van der Waals surface area (Å²) in [4.78, 5) is 97.3. The average molecular weight is 632 g/mol. The van der Waals surface area contributed by atoms with E-state index in [1.54, 1.807) is 0 Å². The Kier molecular flexibility index (Phi) is 19.2. The molecule has 0 saturated carbocycles. The van der Waals surface area contributed by atoms with Gasteiger partial charge in [0.05, 0.1) is 18.9 Å². The molecule has 0 aliphatic carbocycles. The van der Waals surface area contributed by atoms with Gasteiger partial charge < -0.3 is 60.1 Å². The Hall–Kier alpha value is -4.36. The summed E-state index contributed by atoms with van der Waals surface area (Å²) in [5.41, 5.74) is 27.2. The number of unbranched alkanes of at least 4 members (excludes halogenated alkanes) is 2.